The number of imidazole rings is 1. The lowest BCUT2D eigenvalue weighted by Crippen LogP contribution is -2.48. The summed E-state index contributed by atoms with van der Waals surface area (Å²) in [5.74, 6) is 1.97. The van der Waals surface area contributed by atoms with Gasteiger partial charge in [0.1, 0.15) is 17.4 Å². The van der Waals surface area contributed by atoms with Crippen molar-refractivity contribution < 1.29 is 14.6 Å². The van der Waals surface area contributed by atoms with Crippen molar-refractivity contribution >= 4 is 22.8 Å². The van der Waals surface area contributed by atoms with Gasteiger partial charge in [0.25, 0.3) is 5.91 Å². The van der Waals surface area contributed by atoms with E-state index in [0.29, 0.717) is 40.4 Å². The lowest BCUT2D eigenvalue weighted by Gasteiger charge is -2.35. The molecule has 208 valence electrons. The largest absolute Gasteiger partial charge is 0.507 e. The molecule has 0 saturated carbocycles. The predicted molar refractivity (Wildman–Crippen MR) is 158 cm³/mol. The van der Waals surface area contributed by atoms with Gasteiger partial charge in [-0.15, -0.1) is 0 Å². The highest BCUT2D eigenvalue weighted by atomic mass is 16.5. The van der Waals surface area contributed by atoms with Crippen LogP contribution in [0.5, 0.6) is 11.6 Å². The van der Waals surface area contributed by atoms with Crippen molar-refractivity contribution in [2.45, 2.75) is 0 Å². The van der Waals surface area contributed by atoms with Crippen LogP contribution in [0, 0.1) is 0 Å². The molecule has 5 aromatic rings. The Hall–Kier alpha value is -4.96. The summed E-state index contributed by atoms with van der Waals surface area (Å²) in [6.07, 6.45) is 3.49. The Bertz CT molecular complexity index is 1660. The minimum atomic E-state index is -0.135. The standard InChI is InChI=1S/C31H31N7O3/c1-41-31-23(5-4-12-34-31)21-8-10-27(39)24(19-21)29-35-25-9-7-22(20-26(25)36-29)30(40)33-13-14-37-15-17-38(18-16-37)28-6-2-3-11-32-28/h2-12,19-20,39H,13-18H2,1H3,(H,33,40)(H,35,36). The molecule has 1 fully saturated rings. The highest BCUT2D eigenvalue weighted by molar-refractivity contribution is 5.97. The number of methoxy groups -OCH3 is 1. The third kappa shape index (κ3) is 5.68. The van der Waals surface area contributed by atoms with E-state index in [4.69, 9.17) is 4.74 Å². The molecule has 1 saturated heterocycles. The number of phenolic OH excluding ortho intramolecular Hbond substituents is 1. The second-order valence-corrected chi connectivity index (χ2v) is 9.88. The lowest BCUT2D eigenvalue weighted by atomic mass is 10.0. The van der Waals surface area contributed by atoms with Gasteiger partial charge in [-0.05, 0) is 60.2 Å². The van der Waals surface area contributed by atoms with Crippen LogP contribution in [-0.4, -0.2) is 82.2 Å². The van der Waals surface area contributed by atoms with Crippen LogP contribution in [0.2, 0.25) is 0 Å². The zero-order chi connectivity index (χ0) is 28.2. The number of carbonyl (C=O) groups excluding carboxylic acids is 1. The summed E-state index contributed by atoms with van der Waals surface area (Å²) < 4.78 is 5.40. The first-order chi connectivity index (χ1) is 20.1. The predicted octanol–water partition coefficient (Wildman–Crippen LogP) is 3.95. The Kier molecular flexibility index (Phi) is 7.46. The van der Waals surface area contributed by atoms with Crippen LogP contribution in [0.25, 0.3) is 33.5 Å². The molecule has 0 atom stereocenters. The van der Waals surface area contributed by atoms with Gasteiger partial charge >= 0.3 is 0 Å². The number of pyridine rings is 2. The fourth-order valence-electron chi connectivity index (χ4n) is 5.12. The molecule has 10 nitrogen and oxygen atoms in total. The number of phenols is 1. The first-order valence-electron chi connectivity index (χ1n) is 13.6. The zero-order valence-corrected chi connectivity index (χ0v) is 22.7. The van der Waals surface area contributed by atoms with Gasteiger partial charge in [-0.3, -0.25) is 9.69 Å². The molecule has 3 aromatic heterocycles. The molecule has 2 aromatic carbocycles. The Morgan fingerprint density at radius 3 is 2.63 bits per heavy atom. The quantitative estimate of drug-likeness (QED) is 0.266. The summed E-state index contributed by atoms with van der Waals surface area (Å²) in [6.45, 7) is 5.03. The maximum absolute atomic E-state index is 12.9. The molecule has 0 spiro atoms. The normalized spacial score (nSPS) is 13.8. The number of carbonyl (C=O) groups is 1. The van der Waals surface area contributed by atoms with E-state index in [9.17, 15) is 9.90 Å². The fraction of sp³-hybridized carbons (Fsp3) is 0.226. The number of aromatic hydroxyl groups is 1. The maximum atomic E-state index is 12.9. The molecule has 4 heterocycles. The highest BCUT2D eigenvalue weighted by Crippen LogP contribution is 2.35. The molecule has 0 aliphatic carbocycles. The summed E-state index contributed by atoms with van der Waals surface area (Å²) in [5.41, 5.74) is 4.14. The van der Waals surface area contributed by atoms with Crippen LogP contribution in [0.15, 0.2) is 79.1 Å². The van der Waals surface area contributed by atoms with E-state index in [-0.39, 0.29) is 11.7 Å². The molecule has 1 aliphatic heterocycles. The van der Waals surface area contributed by atoms with Gasteiger partial charge in [-0.1, -0.05) is 12.1 Å². The summed E-state index contributed by atoms with van der Waals surface area (Å²) in [5, 5.41) is 13.7. The molecular weight excluding hydrogens is 518 g/mol. The number of piperazine rings is 1. The number of aromatic amines is 1. The van der Waals surface area contributed by atoms with E-state index < -0.39 is 0 Å². The average molecular weight is 550 g/mol. The number of amides is 1. The molecule has 41 heavy (non-hydrogen) atoms. The van der Waals surface area contributed by atoms with Crippen molar-refractivity contribution in [2.75, 3.05) is 51.3 Å². The second-order valence-electron chi connectivity index (χ2n) is 9.88. The van der Waals surface area contributed by atoms with Crippen molar-refractivity contribution in [2.24, 2.45) is 0 Å². The minimum absolute atomic E-state index is 0.0921. The topological polar surface area (TPSA) is 120 Å². The number of fused-ring (bicyclic) bond motifs is 1. The third-order valence-corrected chi connectivity index (χ3v) is 7.33. The zero-order valence-electron chi connectivity index (χ0n) is 22.7. The average Bonchev–Trinajstić information content (AvgIpc) is 3.45. The molecule has 0 bridgehead atoms. The third-order valence-electron chi connectivity index (χ3n) is 7.33. The number of rotatable bonds is 8. The van der Waals surface area contributed by atoms with Crippen LogP contribution in [0.3, 0.4) is 0 Å². The van der Waals surface area contributed by atoms with Crippen LogP contribution < -0.4 is 15.0 Å². The Balaban J connectivity index is 1.10. The fourth-order valence-corrected chi connectivity index (χ4v) is 5.12. The van der Waals surface area contributed by atoms with E-state index in [2.05, 4.69) is 35.1 Å². The van der Waals surface area contributed by atoms with Crippen molar-refractivity contribution in [3.05, 3.63) is 84.7 Å². The molecule has 3 N–H and O–H groups in total. The highest BCUT2D eigenvalue weighted by Gasteiger charge is 2.18. The molecule has 0 radical (unpaired) electrons. The van der Waals surface area contributed by atoms with Gasteiger partial charge in [0.05, 0.1) is 23.7 Å². The van der Waals surface area contributed by atoms with Crippen molar-refractivity contribution in [1.29, 1.82) is 0 Å². The van der Waals surface area contributed by atoms with E-state index in [0.717, 1.165) is 49.7 Å². The van der Waals surface area contributed by atoms with Crippen molar-refractivity contribution in [3.8, 4) is 34.1 Å². The van der Waals surface area contributed by atoms with E-state index >= 15 is 0 Å². The van der Waals surface area contributed by atoms with Crippen molar-refractivity contribution in [3.63, 3.8) is 0 Å². The smallest absolute Gasteiger partial charge is 0.251 e. The van der Waals surface area contributed by atoms with Crippen LogP contribution in [0.1, 0.15) is 10.4 Å². The number of hydrogen-bond donors (Lipinski definition) is 3. The Morgan fingerprint density at radius 2 is 1.83 bits per heavy atom. The van der Waals surface area contributed by atoms with Gasteiger partial charge in [0.2, 0.25) is 5.88 Å². The summed E-state index contributed by atoms with van der Waals surface area (Å²) >= 11 is 0. The number of ether oxygens (including phenoxy) is 1. The lowest BCUT2D eigenvalue weighted by molar-refractivity contribution is 0.0948. The first kappa shape index (κ1) is 26.3. The number of anilines is 1. The molecular formula is C31H31N7O3. The molecule has 10 heteroatoms. The SMILES string of the molecule is COc1ncccc1-c1ccc(O)c(-c2nc3ccc(C(=O)NCCN4CCN(c5ccccn5)CC4)cc3[nH]2)c1. The van der Waals surface area contributed by atoms with Crippen molar-refractivity contribution in [1.82, 2.24) is 30.2 Å². The maximum Gasteiger partial charge on any atom is 0.251 e. The summed E-state index contributed by atoms with van der Waals surface area (Å²) in [4.78, 5) is 34.2. The van der Waals surface area contributed by atoms with Gasteiger partial charge in [-0.25, -0.2) is 15.0 Å². The number of aromatic nitrogens is 4. The van der Waals surface area contributed by atoms with Gasteiger partial charge < -0.3 is 25.0 Å². The summed E-state index contributed by atoms with van der Waals surface area (Å²) in [7, 11) is 1.57. The molecule has 1 aliphatic rings. The van der Waals surface area contributed by atoms with Crippen LogP contribution in [-0.2, 0) is 0 Å². The van der Waals surface area contributed by atoms with Crippen LogP contribution in [0.4, 0.5) is 5.82 Å². The number of nitrogens with zero attached hydrogens (tertiary/aromatic N) is 5. The number of hydrogen-bond acceptors (Lipinski definition) is 8. The van der Waals surface area contributed by atoms with Gasteiger partial charge in [-0.2, -0.15) is 0 Å². The minimum Gasteiger partial charge on any atom is -0.507 e. The van der Waals surface area contributed by atoms with E-state index in [1.165, 1.54) is 0 Å². The van der Waals surface area contributed by atoms with Crippen LogP contribution >= 0.6 is 0 Å². The second kappa shape index (κ2) is 11.6. The van der Waals surface area contributed by atoms with Gasteiger partial charge in [0.15, 0.2) is 0 Å². The Morgan fingerprint density at radius 1 is 0.976 bits per heavy atom. The number of H-pyrrole nitrogens is 1. The number of benzene rings is 2. The van der Waals surface area contributed by atoms with E-state index in [1.807, 2.05) is 54.7 Å². The monoisotopic (exact) mass is 549 g/mol. The summed E-state index contributed by atoms with van der Waals surface area (Å²) in [6, 6.07) is 20.4. The molecule has 1 amide bonds. The van der Waals surface area contributed by atoms with E-state index in [1.54, 1.807) is 31.5 Å². The molecule has 6 rings (SSSR count). The number of nitrogens with one attached hydrogen (secondary N) is 2. The first-order valence-corrected chi connectivity index (χ1v) is 13.6. The molecule has 0 unspecified atom stereocenters. The Labute approximate surface area is 237 Å². The van der Waals surface area contributed by atoms with Gasteiger partial charge in [0, 0.05) is 62.8 Å².